The first-order valence-corrected chi connectivity index (χ1v) is 7.66. The SMILES string of the molecule is O=C(c1ccc(C#CCO)s1)N1CCCC(CCO)C1. The number of carbonyl (C=O) groups is 1. The number of aliphatic hydroxyl groups excluding tert-OH is 2. The maximum Gasteiger partial charge on any atom is 0.263 e. The van der Waals surface area contributed by atoms with Gasteiger partial charge >= 0.3 is 0 Å². The lowest BCUT2D eigenvalue weighted by atomic mass is 9.95. The fourth-order valence-corrected chi connectivity index (χ4v) is 3.32. The first-order valence-electron chi connectivity index (χ1n) is 6.84. The lowest BCUT2D eigenvalue weighted by molar-refractivity contribution is 0.0658. The van der Waals surface area contributed by atoms with Crippen LogP contribution >= 0.6 is 11.3 Å². The van der Waals surface area contributed by atoms with E-state index in [1.54, 1.807) is 6.07 Å². The van der Waals surface area contributed by atoms with Crippen LogP contribution in [-0.4, -0.2) is 47.3 Å². The number of aliphatic hydroxyl groups is 2. The predicted molar refractivity (Wildman–Crippen MR) is 78.6 cm³/mol. The average molecular weight is 293 g/mol. The van der Waals surface area contributed by atoms with Gasteiger partial charge in [-0.05, 0) is 37.3 Å². The van der Waals surface area contributed by atoms with E-state index < -0.39 is 0 Å². The maximum atomic E-state index is 12.4. The van der Waals surface area contributed by atoms with Crippen LogP contribution in [0.3, 0.4) is 0 Å². The molecule has 1 saturated heterocycles. The second kappa shape index (κ2) is 7.44. The van der Waals surface area contributed by atoms with Crippen molar-refractivity contribution in [3.05, 3.63) is 21.9 Å². The molecule has 1 aromatic rings. The Hall–Kier alpha value is -1.35. The summed E-state index contributed by atoms with van der Waals surface area (Å²) in [5.74, 6) is 5.86. The van der Waals surface area contributed by atoms with Gasteiger partial charge in [-0.2, -0.15) is 0 Å². The molecule has 5 heteroatoms. The van der Waals surface area contributed by atoms with Crippen molar-refractivity contribution in [1.29, 1.82) is 0 Å². The molecule has 1 aliphatic heterocycles. The molecule has 108 valence electrons. The highest BCUT2D eigenvalue weighted by atomic mass is 32.1. The Morgan fingerprint density at radius 1 is 1.45 bits per heavy atom. The summed E-state index contributed by atoms with van der Waals surface area (Å²) in [4.78, 5) is 15.8. The molecule has 2 N–H and O–H groups in total. The third-order valence-electron chi connectivity index (χ3n) is 3.45. The van der Waals surface area contributed by atoms with Crippen LogP contribution in [0.1, 0.15) is 33.8 Å². The quantitative estimate of drug-likeness (QED) is 0.827. The Balaban J connectivity index is 2.01. The van der Waals surface area contributed by atoms with Crippen LogP contribution in [-0.2, 0) is 0 Å². The standard InChI is InChI=1S/C15H19NO3S/c17-9-2-4-13-5-6-14(20-13)15(19)16-8-1-3-12(11-16)7-10-18/h5-6,12,17-18H,1,3,7-11H2. The Bertz CT molecular complexity index is 513. The number of hydrogen-bond donors (Lipinski definition) is 2. The molecule has 0 bridgehead atoms. The first kappa shape index (κ1) is 15.0. The molecule has 1 amide bonds. The van der Waals surface area contributed by atoms with Crippen LogP contribution in [0.4, 0.5) is 0 Å². The van der Waals surface area contributed by atoms with Crippen LogP contribution in [0.2, 0.25) is 0 Å². The topological polar surface area (TPSA) is 60.8 Å². The van der Waals surface area contributed by atoms with Crippen molar-refractivity contribution in [2.75, 3.05) is 26.3 Å². The summed E-state index contributed by atoms with van der Waals surface area (Å²) in [6.45, 7) is 1.54. The molecule has 0 aromatic carbocycles. The molecule has 20 heavy (non-hydrogen) atoms. The Kier molecular flexibility index (Phi) is 5.60. The second-order valence-corrected chi connectivity index (χ2v) is 5.98. The molecule has 0 saturated carbocycles. The third-order valence-corrected chi connectivity index (χ3v) is 4.44. The summed E-state index contributed by atoms with van der Waals surface area (Å²) in [7, 11) is 0. The highest BCUT2D eigenvalue weighted by molar-refractivity contribution is 7.14. The number of nitrogens with zero attached hydrogens (tertiary/aromatic N) is 1. The fraction of sp³-hybridized carbons (Fsp3) is 0.533. The molecular formula is C15H19NO3S. The number of hydrogen-bond acceptors (Lipinski definition) is 4. The summed E-state index contributed by atoms with van der Waals surface area (Å²) in [6.07, 6.45) is 2.85. The summed E-state index contributed by atoms with van der Waals surface area (Å²) >= 11 is 1.36. The molecule has 1 aromatic heterocycles. The molecule has 0 aliphatic carbocycles. The van der Waals surface area contributed by atoms with Crippen molar-refractivity contribution in [3.8, 4) is 11.8 Å². The summed E-state index contributed by atoms with van der Waals surface area (Å²) in [5.41, 5.74) is 0. The van der Waals surface area contributed by atoms with Crippen LogP contribution < -0.4 is 0 Å². The summed E-state index contributed by atoms with van der Waals surface area (Å²) in [6, 6.07) is 3.61. The number of carbonyl (C=O) groups excluding carboxylic acids is 1. The molecule has 0 spiro atoms. The highest BCUT2D eigenvalue weighted by Gasteiger charge is 2.24. The molecule has 1 fully saturated rings. The monoisotopic (exact) mass is 293 g/mol. The van der Waals surface area contributed by atoms with Crippen molar-refractivity contribution in [3.63, 3.8) is 0 Å². The van der Waals surface area contributed by atoms with E-state index in [0.29, 0.717) is 10.8 Å². The van der Waals surface area contributed by atoms with E-state index in [2.05, 4.69) is 11.8 Å². The number of rotatable bonds is 3. The minimum Gasteiger partial charge on any atom is -0.396 e. The van der Waals surface area contributed by atoms with E-state index in [-0.39, 0.29) is 19.1 Å². The van der Waals surface area contributed by atoms with Gasteiger partial charge in [-0.1, -0.05) is 11.8 Å². The Labute approximate surface area is 123 Å². The average Bonchev–Trinajstić information content (AvgIpc) is 2.94. The van der Waals surface area contributed by atoms with Gasteiger partial charge in [0.15, 0.2) is 0 Å². The summed E-state index contributed by atoms with van der Waals surface area (Å²) in [5, 5.41) is 17.7. The Morgan fingerprint density at radius 2 is 2.30 bits per heavy atom. The largest absolute Gasteiger partial charge is 0.396 e. The van der Waals surface area contributed by atoms with Crippen molar-refractivity contribution in [2.45, 2.75) is 19.3 Å². The smallest absolute Gasteiger partial charge is 0.263 e. The van der Waals surface area contributed by atoms with Crippen LogP contribution in [0.5, 0.6) is 0 Å². The van der Waals surface area contributed by atoms with Crippen LogP contribution in [0, 0.1) is 17.8 Å². The molecule has 1 aliphatic rings. The van der Waals surface area contributed by atoms with Gasteiger partial charge in [0.1, 0.15) is 6.61 Å². The van der Waals surface area contributed by atoms with E-state index in [0.717, 1.165) is 37.2 Å². The molecule has 4 nitrogen and oxygen atoms in total. The lowest BCUT2D eigenvalue weighted by Crippen LogP contribution is -2.39. The number of likely N-dealkylation sites (tertiary alicyclic amines) is 1. The summed E-state index contributed by atoms with van der Waals surface area (Å²) < 4.78 is 0. The fourth-order valence-electron chi connectivity index (χ4n) is 2.47. The maximum absolute atomic E-state index is 12.4. The van der Waals surface area contributed by atoms with Crippen molar-refractivity contribution < 1.29 is 15.0 Å². The minimum absolute atomic E-state index is 0.0506. The molecule has 2 rings (SSSR count). The van der Waals surface area contributed by atoms with Gasteiger partial charge < -0.3 is 15.1 Å². The first-order chi connectivity index (χ1) is 9.74. The van der Waals surface area contributed by atoms with Gasteiger partial charge in [-0.3, -0.25) is 4.79 Å². The highest BCUT2D eigenvalue weighted by Crippen LogP contribution is 2.23. The van der Waals surface area contributed by atoms with E-state index >= 15 is 0 Å². The predicted octanol–water partition coefficient (Wildman–Crippen LogP) is 1.33. The molecule has 1 unspecified atom stereocenters. The molecule has 1 atom stereocenters. The van der Waals surface area contributed by atoms with E-state index in [9.17, 15) is 4.79 Å². The Morgan fingerprint density at radius 3 is 3.05 bits per heavy atom. The van der Waals surface area contributed by atoms with Crippen molar-refractivity contribution in [2.24, 2.45) is 5.92 Å². The zero-order valence-corrected chi connectivity index (χ0v) is 12.2. The van der Waals surface area contributed by atoms with Gasteiger partial charge in [-0.25, -0.2) is 0 Å². The number of thiophene rings is 1. The molecule has 0 radical (unpaired) electrons. The van der Waals surface area contributed by atoms with Gasteiger partial charge in [0, 0.05) is 19.7 Å². The zero-order valence-electron chi connectivity index (χ0n) is 11.3. The number of amides is 1. The lowest BCUT2D eigenvalue weighted by Gasteiger charge is -2.32. The van der Waals surface area contributed by atoms with Crippen LogP contribution in [0.15, 0.2) is 12.1 Å². The third kappa shape index (κ3) is 3.83. The molecular weight excluding hydrogens is 274 g/mol. The van der Waals surface area contributed by atoms with Crippen LogP contribution in [0.25, 0.3) is 0 Å². The van der Waals surface area contributed by atoms with Gasteiger partial charge in [0.05, 0.1) is 9.75 Å². The van der Waals surface area contributed by atoms with Crippen molar-refractivity contribution >= 4 is 17.2 Å². The number of piperidine rings is 1. The zero-order chi connectivity index (χ0) is 14.4. The van der Waals surface area contributed by atoms with Crippen molar-refractivity contribution in [1.82, 2.24) is 4.90 Å². The minimum atomic E-state index is -0.170. The van der Waals surface area contributed by atoms with E-state index in [4.69, 9.17) is 10.2 Å². The molecule has 2 heterocycles. The van der Waals surface area contributed by atoms with E-state index in [1.807, 2.05) is 11.0 Å². The normalized spacial score (nSPS) is 18.5. The van der Waals surface area contributed by atoms with Gasteiger partial charge in [-0.15, -0.1) is 11.3 Å². The van der Waals surface area contributed by atoms with Gasteiger partial charge in [0.2, 0.25) is 0 Å². The van der Waals surface area contributed by atoms with E-state index in [1.165, 1.54) is 11.3 Å². The second-order valence-electron chi connectivity index (χ2n) is 4.90. The van der Waals surface area contributed by atoms with Gasteiger partial charge in [0.25, 0.3) is 5.91 Å².